The van der Waals surface area contributed by atoms with Gasteiger partial charge in [0.15, 0.2) is 0 Å². The zero-order chi connectivity index (χ0) is 21.7. The Bertz CT molecular complexity index is 887. The molecule has 0 atom stereocenters. The van der Waals surface area contributed by atoms with Crippen LogP contribution in [0.1, 0.15) is 38.1 Å². The predicted molar refractivity (Wildman–Crippen MR) is 120 cm³/mol. The summed E-state index contributed by atoms with van der Waals surface area (Å²) in [6.07, 6.45) is 0.0466. The second-order valence-electron chi connectivity index (χ2n) is 8.13. The number of amides is 2. The molecule has 6 heteroatoms. The maximum atomic E-state index is 12.9. The van der Waals surface area contributed by atoms with Crippen LogP contribution in [0.2, 0.25) is 0 Å². The van der Waals surface area contributed by atoms with Crippen molar-refractivity contribution in [2.24, 2.45) is 5.92 Å². The maximum absolute atomic E-state index is 12.9. The van der Waals surface area contributed by atoms with Gasteiger partial charge in [-0.3, -0.25) is 9.59 Å². The lowest BCUT2D eigenvalue weighted by atomic mass is 10.1. The fourth-order valence-electron chi connectivity index (χ4n) is 3.57. The van der Waals surface area contributed by atoms with E-state index >= 15 is 0 Å². The third-order valence-corrected chi connectivity index (χ3v) is 5.05. The monoisotopic (exact) mass is 409 g/mol. The molecule has 30 heavy (non-hydrogen) atoms. The third kappa shape index (κ3) is 5.32. The number of ether oxygens (including phenoxy) is 1. The topological polar surface area (TPSA) is 61.9 Å². The zero-order valence-corrected chi connectivity index (χ0v) is 18.2. The Morgan fingerprint density at radius 1 is 0.933 bits per heavy atom. The first-order valence-electron chi connectivity index (χ1n) is 10.6. The van der Waals surface area contributed by atoms with Crippen molar-refractivity contribution in [3.05, 3.63) is 54.1 Å². The van der Waals surface area contributed by atoms with E-state index in [2.05, 4.69) is 10.2 Å². The summed E-state index contributed by atoms with van der Waals surface area (Å²) in [5, 5.41) is 3.04. The standard InChI is InChI=1S/C24H31N3O3/c1-17(2)24(29)27-14-12-26(13-15-27)22-11-6-5-10-21(22)25-23(28)19-8-7-9-20(16-19)30-18(3)4/h5-11,16-18H,12-15H2,1-4H3,(H,25,28). The highest BCUT2D eigenvalue weighted by molar-refractivity contribution is 6.06. The minimum absolute atomic E-state index is 0.0126. The molecule has 1 saturated heterocycles. The molecule has 3 rings (SSSR count). The molecule has 1 aliphatic rings. The molecule has 1 fully saturated rings. The minimum Gasteiger partial charge on any atom is -0.491 e. The van der Waals surface area contributed by atoms with Crippen LogP contribution in [0.5, 0.6) is 5.75 Å². The Labute approximate surface area is 178 Å². The highest BCUT2D eigenvalue weighted by Crippen LogP contribution is 2.28. The molecule has 1 aliphatic heterocycles. The van der Waals surface area contributed by atoms with Gasteiger partial charge in [-0.2, -0.15) is 0 Å². The van der Waals surface area contributed by atoms with Crippen LogP contribution in [0.25, 0.3) is 0 Å². The largest absolute Gasteiger partial charge is 0.491 e. The highest BCUT2D eigenvalue weighted by Gasteiger charge is 2.24. The first kappa shape index (κ1) is 21.7. The van der Waals surface area contributed by atoms with Crippen molar-refractivity contribution < 1.29 is 14.3 Å². The molecule has 160 valence electrons. The van der Waals surface area contributed by atoms with Gasteiger partial charge in [-0.1, -0.05) is 32.0 Å². The number of benzene rings is 2. The van der Waals surface area contributed by atoms with Crippen LogP contribution in [0.15, 0.2) is 48.5 Å². The predicted octanol–water partition coefficient (Wildman–Crippen LogP) is 4.03. The number of anilines is 2. The van der Waals surface area contributed by atoms with Gasteiger partial charge in [0.25, 0.3) is 5.91 Å². The Kier molecular flexibility index (Phi) is 6.98. The van der Waals surface area contributed by atoms with Gasteiger partial charge in [0, 0.05) is 37.7 Å². The van der Waals surface area contributed by atoms with E-state index in [1.807, 2.05) is 69.0 Å². The molecule has 0 unspecified atom stereocenters. The normalized spacial score (nSPS) is 14.2. The van der Waals surface area contributed by atoms with Gasteiger partial charge >= 0.3 is 0 Å². The molecule has 1 heterocycles. The Morgan fingerprint density at radius 3 is 2.30 bits per heavy atom. The van der Waals surface area contributed by atoms with E-state index in [1.165, 1.54) is 0 Å². The number of hydrogen-bond donors (Lipinski definition) is 1. The number of piperazine rings is 1. The summed E-state index contributed by atoms with van der Waals surface area (Å²) in [5.41, 5.74) is 2.29. The number of carbonyl (C=O) groups is 2. The number of nitrogens with one attached hydrogen (secondary N) is 1. The van der Waals surface area contributed by atoms with Crippen LogP contribution in [-0.4, -0.2) is 49.0 Å². The summed E-state index contributed by atoms with van der Waals surface area (Å²) in [7, 11) is 0. The van der Waals surface area contributed by atoms with Crippen molar-refractivity contribution in [1.29, 1.82) is 0 Å². The summed E-state index contributed by atoms with van der Waals surface area (Å²) < 4.78 is 5.70. The number of rotatable bonds is 6. The Hall–Kier alpha value is -3.02. The van der Waals surface area contributed by atoms with Crippen molar-refractivity contribution in [2.45, 2.75) is 33.8 Å². The van der Waals surface area contributed by atoms with Crippen LogP contribution < -0.4 is 15.0 Å². The van der Waals surface area contributed by atoms with Gasteiger partial charge in [0.05, 0.1) is 17.5 Å². The van der Waals surface area contributed by atoms with Crippen molar-refractivity contribution in [1.82, 2.24) is 4.90 Å². The lowest BCUT2D eigenvalue weighted by Gasteiger charge is -2.37. The summed E-state index contributed by atoms with van der Waals surface area (Å²) in [6, 6.07) is 15.0. The summed E-state index contributed by atoms with van der Waals surface area (Å²) in [5.74, 6) is 0.709. The minimum atomic E-state index is -0.176. The number of para-hydroxylation sites is 2. The lowest BCUT2D eigenvalue weighted by Crippen LogP contribution is -2.50. The molecule has 0 aromatic heterocycles. The van der Waals surface area contributed by atoms with E-state index in [1.54, 1.807) is 12.1 Å². The quantitative estimate of drug-likeness (QED) is 0.782. The SMILES string of the molecule is CC(C)Oc1cccc(C(=O)Nc2ccccc2N2CCN(C(=O)C(C)C)CC2)c1. The highest BCUT2D eigenvalue weighted by atomic mass is 16.5. The molecule has 6 nitrogen and oxygen atoms in total. The van der Waals surface area contributed by atoms with Crippen LogP contribution in [0, 0.1) is 5.92 Å². The summed E-state index contributed by atoms with van der Waals surface area (Å²) in [6.45, 7) is 10.6. The molecule has 2 aromatic carbocycles. The maximum Gasteiger partial charge on any atom is 0.255 e. The van der Waals surface area contributed by atoms with Crippen LogP contribution in [-0.2, 0) is 4.79 Å². The number of carbonyl (C=O) groups excluding carboxylic acids is 2. The lowest BCUT2D eigenvalue weighted by molar-refractivity contribution is -0.134. The first-order chi connectivity index (χ1) is 14.3. The second kappa shape index (κ2) is 9.65. The Morgan fingerprint density at radius 2 is 1.63 bits per heavy atom. The van der Waals surface area contributed by atoms with E-state index in [0.717, 1.165) is 24.5 Å². The van der Waals surface area contributed by atoms with E-state index < -0.39 is 0 Å². The van der Waals surface area contributed by atoms with Crippen molar-refractivity contribution in [3.63, 3.8) is 0 Å². The average Bonchev–Trinajstić information content (AvgIpc) is 2.73. The van der Waals surface area contributed by atoms with Crippen molar-refractivity contribution in [2.75, 3.05) is 36.4 Å². The second-order valence-corrected chi connectivity index (χ2v) is 8.13. The van der Waals surface area contributed by atoms with Gasteiger partial charge in [-0.05, 0) is 44.2 Å². The molecule has 0 spiro atoms. The number of nitrogens with zero attached hydrogens (tertiary/aromatic N) is 2. The number of hydrogen-bond acceptors (Lipinski definition) is 4. The van der Waals surface area contributed by atoms with E-state index in [-0.39, 0.29) is 23.8 Å². The summed E-state index contributed by atoms with van der Waals surface area (Å²) >= 11 is 0. The molecule has 0 radical (unpaired) electrons. The van der Waals surface area contributed by atoms with Gasteiger partial charge in [0.2, 0.25) is 5.91 Å². The van der Waals surface area contributed by atoms with Gasteiger partial charge < -0.3 is 19.9 Å². The molecule has 0 bridgehead atoms. The van der Waals surface area contributed by atoms with E-state index in [9.17, 15) is 9.59 Å². The van der Waals surface area contributed by atoms with Gasteiger partial charge in [-0.15, -0.1) is 0 Å². The van der Waals surface area contributed by atoms with Gasteiger partial charge in [0.1, 0.15) is 5.75 Å². The molecule has 2 aromatic rings. The third-order valence-electron chi connectivity index (χ3n) is 5.05. The molecule has 0 saturated carbocycles. The molecule has 0 aliphatic carbocycles. The van der Waals surface area contributed by atoms with Crippen LogP contribution in [0.4, 0.5) is 11.4 Å². The Balaban J connectivity index is 1.70. The van der Waals surface area contributed by atoms with Crippen LogP contribution >= 0.6 is 0 Å². The summed E-state index contributed by atoms with van der Waals surface area (Å²) in [4.78, 5) is 29.2. The average molecular weight is 410 g/mol. The zero-order valence-electron chi connectivity index (χ0n) is 18.2. The van der Waals surface area contributed by atoms with E-state index in [4.69, 9.17) is 4.74 Å². The fourth-order valence-corrected chi connectivity index (χ4v) is 3.57. The molecule has 2 amide bonds. The van der Waals surface area contributed by atoms with Crippen LogP contribution in [0.3, 0.4) is 0 Å². The molecular weight excluding hydrogens is 378 g/mol. The first-order valence-corrected chi connectivity index (χ1v) is 10.6. The fraction of sp³-hybridized carbons (Fsp3) is 0.417. The molecular formula is C24H31N3O3. The smallest absolute Gasteiger partial charge is 0.255 e. The van der Waals surface area contributed by atoms with Gasteiger partial charge in [-0.25, -0.2) is 0 Å². The van der Waals surface area contributed by atoms with E-state index in [0.29, 0.717) is 24.4 Å². The van der Waals surface area contributed by atoms with Crippen molar-refractivity contribution in [3.8, 4) is 5.75 Å². The molecule has 1 N–H and O–H groups in total. The van der Waals surface area contributed by atoms with Crippen molar-refractivity contribution >= 4 is 23.2 Å².